The lowest BCUT2D eigenvalue weighted by Crippen LogP contribution is -2.40. The molecule has 0 aliphatic carbocycles. The van der Waals surface area contributed by atoms with Gasteiger partial charge in [0, 0.05) is 11.6 Å². The summed E-state index contributed by atoms with van der Waals surface area (Å²) in [7, 11) is 0. The summed E-state index contributed by atoms with van der Waals surface area (Å²) in [6, 6.07) is 16.9. The van der Waals surface area contributed by atoms with E-state index in [0.717, 1.165) is 31.6 Å². The number of anilines is 1. The molecule has 1 aromatic heterocycles. The van der Waals surface area contributed by atoms with Gasteiger partial charge >= 0.3 is 0 Å². The molecular formula is C22H24N4O2. The molecule has 2 heterocycles. The second-order valence-corrected chi connectivity index (χ2v) is 7.31. The smallest absolute Gasteiger partial charge is 0.258 e. The zero-order valence-corrected chi connectivity index (χ0v) is 15.9. The molecule has 0 radical (unpaired) electrons. The Kier molecular flexibility index (Phi) is 5.21. The van der Waals surface area contributed by atoms with Gasteiger partial charge in [0.1, 0.15) is 5.82 Å². The third kappa shape index (κ3) is 3.82. The lowest BCUT2D eigenvalue weighted by Gasteiger charge is -2.35. The molecule has 4 rings (SSSR count). The molecule has 6 nitrogen and oxygen atoms in total. The third-order valence-electron chi connectivity index (χ3n) is 5.52. The minimum absolute atomic E-state index is 0.00422. The largest absolute Gasteiger partial charge is 0.326 e. The Bertz CT molecular complexity index is 1020. The van der Waals surface area contributed by atoms with E-state index >= 15 is 0 Å². The van der Waals surface area contributed by atoms with E-state index in [-0.39, 0.29) is 23.4 Å². The molecule has 28 heavy (non-hydrogen) atoms. The number of amides is 1. The van der Waals surface area contributed by atoms with Gasteiger partial charge in [-0.2, -0.15) is 0 Å². The maximum Gasteiger partial charge on any atom is 0.258 e. The zero-order valence-electron chi connectivity index (χ0n) is 15.9. The first kappa shape index (κ1) is 18.4. The van der Waals surface area contributed by atoms with Crippen molar-refractivity contribution in [3.8, 4) is 0 Å². The average Bonchev–Trinajstić information content (AvgIpc) is 2.74. The van der Waals surface area contributed by atoms with Gasteiger partial charge in [-0.3, -0.25) is 14.5 Å². The molecule has 1 amide bonds. The molecule has 1 aliphatic heterocycles. The summed E-state index contributed by atoms with van der Waals surface area (Å²) in [5.74, 6) is 0.763. The summed E-state index contributed by atoms with van der Waals surface area (Å²) in [6.45, 7) is 3.65. The number of hydrogen-bond acceptors (Lipinski definition) is 4. The normalized spacial score (nSPS) is 16.8. The topological polar surface area (TPSA) is 78.1 Å². The SMILES string of the molecule is C[C@@H](c1nc2ccccc2c(=O)[nH]1)N1CCC(C(=O)Nc2ccccc2)CC1. The van der Waals surface area contributed by atoms with Gasteiger partial charge in [-0.05, 0) is 57.1 Å². The van der Waals surface area contributed by atoms with Crippen LogP contribution in [-0.2, 0) is 4.79 Å². The molecular weight excluding hydrogens is 352 g/mol. The number of nitrogens with zero attached hydrogens (tertiary/aromatic N) is 2. The first-order valence-corrected chi connectivity index (χ1v) is 9.71. The highest BCUT2D eigenvalue weighted by atomic mass is 16.2. The minimum Gasteiger partial charge on any atom is -0.326 e. The van der Waals surface area contributed by atoms with E-state index in [9.17, 15) is 9.59 Å². The van der Waals surface area contributed by atoms with Crippen molar-refractivity contribution in [1.82, 2.24) is 14.9 Å². The van der Waals surface area contributed by atoms with Crippen LogP contribution in [0.1, 0.15) is 31.6 Å². The molecule has 6 heteroatoms. The third-order valence-corrected chi connectivity index (χ3v) is 5.52. The summed E-state index contributed by atoms with van der Waals surface area (Å²) in [5.41, 5.74) is 1.44. The van der Waals surface area contributed by atoms with Crippen LogP contribution < -0.4 is 10.9 Å². The van der Waals surface area contributed by atoms with Crippen LogP contribution in [-0.4, -0.2) is 33.9 Å². The molecule has 144 valence electrons. The van der Waals surface area contributed by atoms with Crippen LogP contribution in [0.25, 0.3) is 10.9 Å². The number of aromatic amines is 1. The van der Waals surface area contributed by atoms with Crippen LogP contribution in [0, 0.1) is 5.92 Å². The number of carbonyl (C=O) groups excluding carboxylic acids is 1. The Morgan fingerprint density at radius 3 is 2.54 bits per heavy atom. The van der Waals surface area contributed by atoms with Crippen molar-refractivity contribution >= 4 is 22.5 Å². The number of fused-ring (bicyclic) bond motifs is 1. The highest BCUT2D eigenvalue weighted by molar-refractivity contribution is 5.92. The van der Waals surface area contributed by atoms with Crippen molar-refractivity contribution in [2.45, 2.75) is 25.8 Å². The molecule has 2 aromatic carbocycles. The fourth-order valence-electron chi connectivity index (χ4n) is 3.79. The van der Waals surface area contributed by atoms with Crippen LogP contribution in [0.2, 0.25) is 0 Å². The lowest BCUT2D eigenvalue weighted by molar-refractivity contribution is -0.121. The van der Waals surface area contributed by atoms with E-state index < -0.39 is 0 Å². The van der Waals surface area contributed by atoms with Crippen molar-refractivity contribution < 1.29 is 4.79 Å². The second kappa shape index (κ2) is 7.94. The molecule has 1 aliphatic rings. The number of nitrogens with one attached hydrogen (secondary N) is 2. The molecule has 3 aromatic rings. The Morgan fingerprint density at radius 1 is 1.11 bits per heavy atom. The minimum atomic E-state index is -0.107. The molecule has 0 bridgehead atoms. The van der Waals surface area contributed by atoms with E-state index in [4.69, 9.17) is 0 Å². The summed E-state index contributed by atoms with van der Waals surface area (Å²) in [6.07, 6.45) is 1.58. The fraction of sp³-hybridized carbons (Fsp3) is 0.318. The fourth-order valence-corrected chi connectivity index (χ4v) is 3.79. The van der Waals surface area contributed by atoms with Crippen molar-refractivity contribution in [2.75, 3.05) is 18.4 Å². The number of H-pyrrole nitrogens is 1. The van der Waals surface area contributed by atoms with E-state index in [1.54, 1.807) is 6.07 Å². The van der Waals surface area contributed by atoms with E-state index in [0.29, 0.717) is 16.7 Å². The Hall–Kier alpha value is -2.99. The number of likely N-dealkylation sites (tertiary alicyclic amines) is 1. The number of rotatable bonds is 4. The number of piperidine rings is 1. The summed E-state index contributed by atoms with van der Waals surface area (Å²) in [4.78, 5) is 34.7. The maximum atomic E-state index is 12.5. The number of para-hydroxylation sites is 2. The lowest BCUT2D eigenvalue weighted by atomic mass is 9.94. The summed E-state index contributed by atoms with van der Waals surface area (Å²) >= 11 is 0. The Balaban J connectivity index is 1.41. The monoisotopic (exact) mass is 376 g/mol. The first-order chi connectivity index (χ1) is 13.6. The van der Waals surface area contributed by atoms with Gasteiger partial charge in [0.2, 0.25) is 5.91 Å². The second-order valence-electron chi connectivity index (χ2n) is 7.31. The molecule has 0 unspecified atom stereocenters. The highest BCUT2D eigenvalue weighted by Gasteiger charge is 2.28. The van der Waals surface area contributed by atoms with E-state index in [1.165, 1.54) is 0 Å². The van der Waals surface area contributed by atoms with Gasteiger partial charge in [-0.25, -0.2) is 4.98 Å². The van der Waals surface area contributed by atoms with Crippen molar-refractivity contribution in [3.05, 3.63) is 70.8 Å². The molecule has 0 saturated carbocycles. The van der Waals surface area contributed by atoms with Gasteiger partial charge < -0.3 is 10.3 Å². The Labute approximate surface area is 163 Å². The van der Waals surface area contributed by atoms with Crippen LogP contribution in [0.4, 0.5) is 5.69 Å². The van der Waals surface area contributed by atoms with Gasteiger partial charge in [0.15, 0.2) is 0 Å². The van der Waals surface area contributed by atoms with Gasteiger partial charge in [-0.1, -0.05) is 30.3 Å². The van der Waals surface area contributed by atoms with Crippen molar-refractivity contribution in [2.24, 2.45) is 5.92 Å². The van der Waals surface area contributed by atoms with Crippen LogP contribution in [0.3, 0.4) is 0 Å². The van der Waals surface area contributed by atoms with E-state index in [1.807, 2.05) is 48.5 Å². The van der Waals surface area contributed by atoms with Gasteiger partial charge in [-0.15, -0.1) is 0 Å². The van der Waals surface area contributed by atoms with Gasteiger partial charge in [0.25, 0.3) is 5.56 Å². The molecule has 1 atom stereocenters. The molecule has 1 saturated heterocycles. The number of carbonyl (C=O) groups is 1. The Morgan fingerprint density at radius 2 is 1.79 bits per heavy atom. The zero-order chi connectivity index (χ0) is 19.5. The average molecular weight is 376 g/mol. The van der Waals surface area contributed by atoms with E-state index in [2.05, 4.69) is 27.1 Å². The first-order valence-electron chi connectivity index (χ1n) is 9.71. The van der Waals surface area contributed by atoms with Crippen LogP contribution in [0.15, 0.2) is 59.4 Å². The standard InChI is InChI=1S/C22H24N4O2/c1-15(20-24-19-10-6-5-9-18(19)22(28)25-20)26-13-11-16(12-14-26)21(27)23-17-7-3-2-4-8-17/h2-10,15-16H,11-14H2,1H3,(H,23,27)(H,24,25,28)/t15-/m0/s1. The maximum absolute atomic E-state index is 12.5. The molecule has 0 spiro atoms. The quantitative estimate of drug-likeness (QED) is 0.732. The molecule has 1 fully saturated rings. The van der Waals surface area contributed by atoms with Crippen molar-refractivity contribution in [3.63, 3.8) is 0 Å². The molecule has 2 N–H and O–H groups in total. The summed E-state index contributed by atoms with van der Waals surface area (Å²) in [5, 5.41) is 3.60. The van der Waals surface area contributed by atoms with Crippen LogP contribution >= 0.6 is 0 Å². The number of hydrogen-bond donors (Lipinski definition) is 2. The number of aromatic nitrogens is 2. The van der Waals surface area contributed by atoms with Crippen LogP contribution in [0.5, 0.6) is 0 Å². The number of benzene rings is 2. The van der Waals surface area contributed by atoms with Gasteiger partial charge in [0.05, 0.1) is 16.9 Å². The predicted molar refractivity (Wildman–Crippen MR) is 110 cm³/mol. The predicted octanol–water partition coefficient (Wildman–Crippen LogP) is 3.33. The summed E-state index contributed by atoms with van der Waals surface area (Å²) < 4.78 is 0. The van der Waals surface area contributed by atoms with Crippen molar-refractivity contribution in [1.29, 1.82) is 0 Å². The highest BCUT2D eigenvalue weighted by Crippen LogP contribution is 2.26.